The zero-order chi connectivity index (χ0) is 16.6. The number of carbonyl (C=O) groups is 1. The van der Waals surface area contributed by atoms with E-state index in [1.54, 1.807) is 0 Å². The number of furan rings is 1. The molecule has 1 aromatic heterocycles. The van der Waals surface area contributed by atoms with Gasteiger partial charge in [0.1, 0.15) is 6.26 Å². The lowest BCUT2D eigenvalue weighted by molar-refractivity contribution is -0.138. The van der Waals surface area contributed by atoms with E-state index in [0.717, 1.165) is 6.07 Å². The van der Waals surface area contributed by atoms with Crippen molar-refractivity contribution in [3.05, 3.63) is 59.5 Å². The molecule has 0 unspecified atom stereocenters. The van der Waals surface area contributed by atoms with Crippen molar-refractivity contribution < 1.29 is 27.5 Å². The molecule has 4 nitrogen and oxygen atoms in total. The molecule has 0 spiro atoms. The van der Waals surface area contributed by atoms with E-state index in [0.29, 0.717) is 0 Å². The van der Waals surface area contributed by atoms with Gasteiger partial charge in [0, 0.05) is 6.54 Å². The molecule has 1 saturated heterocycles. The monoisotopic (exact) mass is 325 g/mol. The summed E-state index contributed by atoms with van der Waals surface area (Å²) in [6.07, 6.45) is -2.76. The van der Waals surface area contributed by atoms with Gasteiger partial charge in [-0.05, 0) is 24.1 Å². The second-order valence-electron chi connectivity index (χ2n) is 5.46. The lowest BCUT2D eigenvalue weighted by Gasteiger charge is -2.26. The molecule has 0 saturated carbocycles. The maximum absolute atomic E-state index is 13.2. The smallest absolute Gasteiger partial charge is 0.416 e. The molecule has 1 fully saturated rings. The number of nitrogens with zero attached hydrogens (tertiary/aromatic N) is 1. The molecule has 0 radical (unpaired) electrons. The van der Waals surface area contributed by atoms with Crippen LogP contribution in [0.4, 0.5) is 13.2 Å². The molecule has 2 atom stereocenters. The molecule has 7 heteroatoms. The predicted octanol–water partition coefficient (Wildman–Crippen LogP) is 3.25. The van der Waals surface area contributed by atoms with Gasteiger partial charge in [-0.2, -0.15) is 13.2 Å². The topological polar surface area (TPSA) is 53.7 Å². The number of carbonyl (C=O) groups excluding carboxylic acids is 1. The number of halogens is 3. The highest BCUT2D eigenvalue weighted by Crippen LogP contribution is 2.40. The molecule has 1 amide bonds. The minimum Gasteiger partial charge on any atom is -0.472 e. The molecular formula is C16H14F3NO3. The van der Waals surface area contributed by atoms with Crippen molar-refractivity contribution in [2.45, 2.75) is 24.7 Å². The van der Waals surface area contributed by atoms with Gasteiger partial charge in [0.05, 0.1) is 29.5 Å². The van der Waals surface area contributed by atoms with Crippen LogP contribution in [-0.4, -0.2) is 28.6 Å². The zero-order valence-corrected chi connectivity index (χ0v) is 12.0. The van der Waals surface area contributed by atoms with Gasteiger partial charge >= 0.3 is 6.18 Å². The highest BCUT2D eigenvalue weighted by Gasteiger charge is 2.41. The fraction of sp³-hybridized carbons (Fsp3) is 0.312. The average molecular weight is 325 g/mol. The van der Waals surface area contributed by atoms with E-state index in [9.17, 15) is 23.1 Å². The lowest BCUT2D eigenvalue weighted by Crippen LogP contribution is -2.32. The van der Waals surface area contributed by atoms with Crippen LogP contribution in [-0.2, 0) is 6.18 Å². The summed E-state index contributed by atoms with van der Waals surface area (Å²) in [7, 11) is 0. The van der Waals surface area contributed by atoms with Crippen molar-refractivity contribution in [3.63, 3.8) is 0 Å². The number of amides is 1. The van der Waals surface area contributed by atoms with Gasteiger partial charge in [-0.1, -0.05) is 18.2 Å². The highest BCUT2D eigenvalue weighted by molar-refractivity contribution is 5.94. The first-order valence-electron chi connectivity index (χ1n) is 7.05. The molecule has 23 heavy (non-hydrogen) atoms. The van der Waals surface area contributed by atoms with E-state index in [4.69, 9.17) is 4.42 Å². The normalized spacial score (nSPS) is 21.7. The Bertz CT molecular complexity index is 697. The summed E-state index contributed by atoms with van der Waals surface area (Å²) in [5, 5.41) is 9.87. The Morgan fingerprint density at radius 2 is 2.00 bits per heavy atom. The molecule has 2 heterocycles. The van der Waals surface area contributed by atoms with Gasteiger partial charge < -0.3 is 14.4 Å². The Morgan fingerprint density at radius 3 is 2.65 bits per heavy atom. The molecule has 1 aromatic carbocycles. The highest BCUT2D eigenvalue weighted by atomic mass is 19.4. The van der Waals surface area contributed by atoms with Crippen LogP contribution in [0.2, 0.25) is 0 Å². The summed E-state index contributed by atoms with van der Waals surface area (Å²) < 4.78 is 44.5. The minimum atomic E-state index is -4.52. The van der Waals surface area contributed by atoms with E-state index in [1.165, 1.54) is 41.7 Å². The van der Waals surface area contributed by atoms with Gasteiger partial charge in [-0.25, -0.2) is 0 Å². The summed E-state index contributed by atoms with van der Waals surface area (Å²) in [6, 6.07) is 5.75. The first-order chi connectivity index (χ1) is 10.9. The Morgan fingerprint density at radius 1 is 1.26 bits per heavy atom. The Balaban J connectivity index is 2.00. The van der Waals surface area contributed by atoms with Crippen LogP contribution in [0, 0.1) is 0 Å². The quantitative estimate of drug-likeness (QED) is 0.922. The van der Waals surface area contributed by atoms with Crippen molar-refractivity contribution in [3.8, 4) is 0 Å². The minimum absolute atomic E-state index is 0.00612. The third-order valence-corrected chi connectivity index (χ3v) is 3.93. The second kappa shape index (κ2) is 5.73. The van der Waals surface area contributed by atoms with Crippen LogP contribution in [0.15, 0.2) is 47.3 Å². The molecular weight excluding hydrogens is 311 g/mol. The maximum atomic E-state index is 13.2. The van der Waals surface area contributed by atoms with Crippen LogP contribution in [0.3, 0.4) is 0 Å². The summed E-state index contributed by atoms with van der Waals surface area (Å²) >= 11 is 0. The van der Waals surface area contributed by atoms with Crippen LogP contribution in [0.25, 0.3) is 0 Å². The summed E-state index contributed by atoms with van der Waals surface area (Å²) in [5.41, 5.74) is -0.550. The molecule has 2 aromatic rings. The Labute approximate surface area is 130 Å². The van der Waals surface area contributed by atoms with Crippen molar-refractivity contribution in [2.75, 3.05) is 6.54 Å². The molecule has 0 bridgehead atoms. The van der Waals surface area contributed by atoms with Crippen LogP contribution >= 0.6 is 0 Å². The van der Waals surface area contributed by atoms with Crippen LogP contribution in [0.1, 0.15) is 33.9 Å². The molecule has 0 aliphatic carbocycles. The van der Waals surface area contributed by atoms with Gasteiger partial charge in [-0.15, -0.1) is 0 Å². The summed E-state index contributed by atoms with van der Waals surface area (Å²) in [4.78, 5) is 13.7. The Hall–Kier alpha value is -2.28. The van der Waals surface area contributed by atoms with E-state index >= 15 is 0 Å². The van der Waals surface area contributed by atoms with Crippen molar-refractivity contribution in [1.29, 1.82) is 0 Å². The number of rotatable bonds is 2. The number of aliphatic hydroxyl groups excluding tert-OH is 1. The number of hydrogen-bond donors (Lipinski definition) is 1. The maximum Gasteiger partial charge on any atom is 0.416 e. The number of hydrogen-bond acceptors (Lipinski definition) is 3. The van der Waals surface area contributed by atoms with Crippen LogP contribution < -0.4 is 0 Å². The summed E-state index contributed by atoms with van der Waals surface area (Å²) in [5.74, 6) is -0.461. The van der Waals surface area contributed by atoms with E-state index in [1.807, 2.05) is 0 Å². The number of β-amino-alcohol motifs (C(OH)–C–C–N with tert-alkyl or cyclic N) is 1. The number of likely N-dealkylation sites (tertiary alicyclic amines) is 1. The largest absolute Gasteiger partial charge is 0.472 e. The van der Waals surface area contributed by atoms with Crippen molar-refractivity contribution in [1.82, 2.24) is 4.90 Å². The van der Waals surface area contributed by atoms with Gasteiger partial charge in [0.15, 0.2) is 0 Å². The third kappa shape index (κ3) is 2.96. The van der Waals surface area contributed by atoms with Gasteiger partial charge in [0.25, 0.3) is 5.91 Å². The van der Waals surface area contributed by atoms with Crippen molar-refractivity contribution >= 4 is 5.91 Å². The predicted molar refractivity (Wildman–Crippen MR) is 74.6 cm³/mol. The van der Waals surface area contributed by atoms with Gasteiger partial charge in [0.2, 0.25) is 0 Å². The number of alkyl halides is 3. The van der Waals surface area contributed by atoms with E-state index < -0.39 is 29.8 Å². The standard InChI is InChI=1S/C16H14F3NO3/c17-16(18,19)13-4-2-1-3-12(13)14-7-11(21)8-20(14)15(22)10-5-6-23-9-10/h1-6,9,11,14,21H,7-8H2/t11-,14+/m1/s1. The fourth-order valence-corrected chi connectivity index (χ4v) is 2.93. The molecule has 1 aliphatic rings. The van der Waals surface area contributed by atoms with Crippen molar-refractivity contribution in [2.24, 2.45) is 0 Å². The first-order valence-corrected chi connectivity index (χ1v) is 7.05. The number of aliphatic hydroxyl groups is 1. The molecule has 122 valence electrons. The molecule has 1 N–H and O–H groups in total. The van der Waals surface area contributed by atoms with E-state index in [2.05, 4.69) is 0 Å². The van der Waals surface area contributed by atoms with Crippen LogP contribution in [0.5, 0.6) is 0 Å². The van der Waals surface area contributed by atoms with Gasteiger partial charge in [-0.3, -0.25) is 4.79 Å². The SMILES string of the molecule is O=C(c1ccoc1)N1C[C@H](O)C[C@H]1c1ccccc1C(F)(F)F. The lowest BCUT2D eigenvalue weighted by atomic mass is 9.97. The zero-order valence-electron chi connectivity index (χ0n) is 12.0. The molecule has 3 rings (SSSR count). The Kier molecular flexibility index (Phi) is 3.89. The second-order valence-corrected chi connectivity index (χ2v) is 5.46. The third-order valence-electron chi connectivity index (χ3n) is 3.93. The number of benzene rings is 1. The first kappa shape index (κ1) is 15.6. The fourth-order valence-electron chi connectivity index (χ4n) is 2.93. The van der Waals surface area contributed by atoms with E-state index in [-0.39, 0.29) is 24.1 Å². The molecule has 1 aliphatic heterocycles. The average Bonchev–Trinajstić information content (AvgIpc) is 3.15. The summed E-state index contributed by atoms with van der Waals surface area (Å²) in [6.45, 7) is -0.0130.